The lowest BCUT2D eigenvalue weighted by atomic mass is 10.2. The number of benzene rings is 2. The number of aromatic hydroxyl groups is 1. The lowest BCUT2D eigenvalue weighted by Gasteiger charge is -2.03. The van der Waals surface area contributed by atoms with Crippen LogP contribution in [0.1, 0.15) is 5.76 Å². The molecular formula is C15H11FO3. The molecule has 96 valence electrons. The third-order valence-electron chi connectivity index (χ3n) is 2.73. The van der Waals surface area contributed by atoms with Crippen molar-refractivity contribution in [3.63, 3.8) is 0 Å². The molecule has 0 aliphatic rings. The zero-order chi connectivity index (χ0) is 13.2. The fourth-order valence-corrected chi connectivity index (χ4v) is 1.87. The van der Waals surface area contributed by atoms with Crippen molar-refractivity contribution in [2.75, 3.05) is 0 Å². The predicted molar refractivity (Wildman–Crippen MR) is 68.6 cm³/mol. The van der Waals surface area contributed by atoms with E-state index in [0.29, 0.717) is 17.1 Å². The fraction of sp³-hybridized carbons (Fsp3) is 0.0667. The van der Waals surface area contributed by atoms with Crippen LogP contribution in [0, 0.1) is 5.82 Å². The molecule has 1 N–H and O–H groups in total. The normalized spacial score (nSPS) is 10.8. The maximum absolute atomic E-state index is 13.0. The highest BCUT2D eigenvalue weighted by atomic mass is 19.1. The molecule has 0 saturated carbocycles. The summed E-state index contributed by atoms with van der Waals surface area (Å²) in [6, 6.07) is 12.6. The molecule has 2 aromatic carbocycles. The number of furan rings is 1. The summed E-state index contributed by atoms with van der Waals surface area (Å²) in [4.78, 5) is 0. The highest BCUT2D eigenvalue weighted by Crippen LogP contribution is 2.24. The Bertz CT molecular complexity index is 718. The van der Waals surface area contributed by atoms with Gasteiger partial charge in [0.15, 0.2) is 0 Å². The van der Waals surface area contributed by atoms with E-state index in [1.807, 2.05) is 0 Å². The topological polar surface area (TPSA) is 42.6 Å². The molecule has 19 heavy (non-hydrogen) atoms. The van der Waals surface area contributed by atoms with Crippen LogP contribution in [-0.4, -0.2) is 5.11 Å². The third-order valence-corrected chi connectivity index (χ3v) is 2.73. The molecule has 1 aromatic heterocycles. The van der Waals surface area contributed by atoms with Crippen molar-refractivity contribution in [2.45, 2.75) is 6.61 Å². The molecule has 0 amide bonds. The molecule has 0 bridgehead atoms. The van der Waals surface area contributed by atoms with Gasteiger partial charge in [0.05, 0.1) is 0 Å². The maximum atomic E-state index is 13.0. The Kier molecular flexibility index (Phi) is 2.83. The summed E-state index contributed by atoms with van der Waals surface area (Å²) in [5.74, 6) is 0.908. The van der Waals surface area contributed by atoms with Crippen LogP contribution in [-0.2, 0) is 6.61 Å². The van der Waals surface area contributed by atoms with E-state index in [-0.39, 0.29) is 18.2 Å². The predicted octanol–water partition coefficient (Wildman–Crippen LogP) is 3.86. The van der Waals surface area contributed by atoms with Gasteiger partial charge in [-0.05, 0) is 36.4 Å². The summed E-state index contributed by atoms with van der Waals surface area (Å²) in [5, 5.41) is 10.2. The van der Waals surface area contributed by atoms with Crippen LogP contribution in [0.4, 0.5) is 4.39 Å². The van der Waals surface area contributed by atoms with Crippen LogP contribution in [0.15, 0.2) is 52.9 Å². The highest BCUT2D eigenvalue weighted by Gasteiger charge is 2.05. The SMILES string of the molecule is Oc1ccc2oc(COc3cccc(F)c3)cc2c1. The lowest BCUT2D eigenvalue weighted by Crippen LogP contribution is -1.93. The zero-order valence-electron chi connectivity index (χ0n) is 9.97. The zero-order valence-corrected chi connectivity index (χ0v) is 9.97. The number of phenolic OH excluding ortho intramolecular Hbond substituents is 1. The summed E-state index contributed by atoms with van der Waals surface area (Å²) in [6.07, 6.45) is 0. The Balaban J connectivity index is 1.78. The highest BCUT2D eigenvalue weighted by molar-refractivity contribution is 5.79. The van der Waals surface area contributed by atoms with Crippen LogP contribution in [0.3, 0.4) is 0 Å². The Labute approximate surface area is 108 Å². The molecule has 3 aromatic rings. The summed E-state index contributed by atoms with van der Waals surface area (Å²) in [7, 11) is 0. The quantitative estimate of drug-likeness (QED) is 0.775. The van der Waals surface area contributed by atoms with Gasteiger partial charge >= 0.3 is 0 Å². The Morgan fingerprint density at radius 1 is 1.11 bits per heavy atom. The Morgan fingerprint density at radius 2 is 2.00 bits per heavy atom. The first-order chi connectivity index (χ1) is 9.20. The largest absolute Gasteiger partial charge is 0.508 e. The van der Waals surface area contributed by atoms with Gasteiger partial charge < -0.3 is 14.3 Å². The Hall–Kier alpha value is -2.49. The van der Waals surface area contributed by atoms with Gasteiger partial charge in [0.25, 0.3) is 0 Å². The standard InChI is InChI=1S/C15H11FO3/c16-11-2-1-3-13(8-11)18-9-14-7-10-6-12(17)4-5-15(10)19-14/h1-8,17H,9H2. The first-order valence-corrected chi connectivity index (χ1v) is 5.80. The molecule has 1 heterocycles. The molecule has 0 unspecified atom stereocenters. The van der Waals surface area contributed by atoms with Crippen molar-refractivity contribution in [1.29, 1.82) is 0 Å². The smallest absolute Gasteiger partial charge is 0.146 e. The van der Waals surface area contributed by atoms with Gasteiger partial charge in [-0.15, -0.1) is 0 Å². The maximum Gasteiger partial charge on any atom is 0.146 e. The second kappa shape index (κ2) is 4.65. The van der Waals surface area contributed by atoms with Gasteiger partial charge in [0.2, 0.25) is 0 Å². The van der Waals surface area contributed by atoms with E-state index in [1.54, 1.807) is 36.4 Å². The summed E-state index contributed by atoms with van der Waals surface area (Å²) < 4.78 is 24.0. The first-order valence-electron chi connectivity index (χ1n) is 5.80. The number of halogens is 1. The summed E-state index contributed by atoms with van der Waals surface area (Å²) >= 11 is 0. The monoisotopic (exact) mass is 258 g/mol. The number of hydrogen-bond donors (Lipinski definition) is 1. The van der Waals surface area contributed by atoms with E-state index in [1.165, 1.54) is 12.1 Å². The van der Waals surface area contributed by atoms with Gasteiger partial charge in [-0.25, -0.2) is 4.39 Å². The summed E-state index contributed by atoms with van der Waals surface area (Å²) in [6.45, 7) is 0.207. The number of ether oxygens (including phenoxy) is 1. The number of fused-ring (bicyclic) bond motifs is 1. The average molecular weight is 258 g/mol. The number of phenols is 1. The van der Waals surface area contributed by atoms with Crippen molar-refractivity contribution < 1.29 is 18.7 Å². The van der Waals surface area contributed by atoms with Crippen molar-refractivity contribution in [1.82, 2.24) is 0 Å². The summed E-state index contributed by atoms with van der Waals surface area (Å²) in [5.41, 5.74) is 0.677. The molecule has 0 aliphatic carbocycles. The van der Waals surface area contributed by atoms with Crippen LogP contribution in [0.2, 0.25) is 0 Å². The van der Waals surface area contributed by atoms with Crippen LogP contribution in [0.5, 0.6) is 11.5 Å². The number of rotatable bonds is 3. The molecule has 0 aliphatic heterocycles. The molecule has 3 rings (SSSR count). The number of hydrogen-bond acceptors (Lipinski definition) is 3. The molecular weight excluding hydrogens is 247 g/mol. The van der Waals surface area contributed by atoms with E-state index in [2.05, 4.69) is 0 Å². The molecule has 0 radical (unpaired) electrons. The fourth-order valence-electron chi connectivity index (χ4n) is 1.87. The molecule has 0 fully saturated rings. The molecule has 4 heteroatoms. The van der Waals surface area contributed by atoms with Gasteiger partial charge in [-0.2, -0.15) is 0 Å². The van der Waals surface area contributed by atoms with Crippen molar-refractivity contribution >= 4 is 11.0 Å². The molecule has 0 spiro atoms. The van der Waals surface area contributed by atoms with Crippen LogP contribution >= 0.6 is 0 Å². The van der Waals surface area contributed by atoms with Crippen LogP contribution < -0.4 is 4.74 Å². The molecule has 3 nitrogen and oxygen atoms in total. The van der Waals surface area contributed by atoms with Gasteiger partial charge in [-0.1, -0.05) is 6.07 Å². The second-order valence-electron chi connectivity index (χ2n) is 4.18. The van der Waals surface area contributed by atoms with E-state index in [4.69, 9.17) is 9.15 Å². The molecule has 0 saturated heterocycles. The van der Waals surface area contributed by atoms with E-state index < -0.39 is 0 Å². The van der Waals surface area contributed by atoms with E-state index in [9.17, 15) is 9.50 Å². The third kappa shape index (κ3) is 2.52. The van der Waals surface area contributed by atoms with Crippen molar-refractivity contribution in [3.8, 4) is 11.5 Å². The van der Waals surface area contributed by atoms with E-state index >= 15 is 0 Å². The van der Waals surface area contributed by atoms with Crippen molar-refractivity contribution in [3.05, 3.63) is 60.1 Å². The van der Waals surface area contributed by atoms with Crippen molar-refractivity contribution in [2.24, 2.45) is 0 Å². The molecule has 0 atom stereocenters. The van der Waals surface area contributed by atoms with Gasteiger partial charge in [-0.3, -0.25) is 0 Å². The lowest BCUT2D eigenvalue weighted by molar-refractivity contribution is 0.273. The minimum atomic E-state index is -0.341. The van der Waals surface area contributed by atoms with E-state index in [0.717, 1.165) is 5.39 Å². The van der Waals surface area contributed by atoms with Gasteiger partial charge in [0, 0.05) is 11.5 Å². The average Bonchev–Trinajstić information content (AvgIpc) is 2.78. The second-order valence-corrected chi connectivity index (χ2v) is 4.18. The van der Waals surface area contributed by atoms with Crippen LogP contribution in [0.25, 0.3) is 11.0 Å². The minimum absolute atomic E-state index is 0.186. The first kappa shape index (κ1) is 11.6. The Morgan fingerprint density at radius 3 is 2.84 bits per heavy atom. The van der Waals surface area contributed by atoms with Gasteiger partial charge in [0.1, 0.15) is 35.3 Å². The minimum Gasteiger partial charge on any atom is -0.508 e.